The Morgan fingerprint density at radius 1 is 0.891 bits per heavy atom. The maximum atomic E-state index is 12.9. The Bertz CT molecular complexity index is 967. The van der Waals surface area contributed by atoms with Crippen LogP contribution in [0.25, 0.3) is 5.57 Å². The number of hydrogen-bond donors (Lipinski definition) is 1. The van der Waals surface area contributed by atoms with Crippen LogP contribution in [0.4, 0.5) is 5.69 Å². The fraction of sp³-hybridized carbons (Fsp3) is 0.595. The number of ether oxygens (including phenoxy) is 1. The van der Waals surface area contributed by atoms with Crippen molar-refractivity contribution in [1.82, 2.24) is 0 Å². The summed E-state index contributed by atoms with van der Waals surface area (Å²) in [5.74, 6) is 0.405. The molecule has 2 rings (SSSR count). The van der Waals surface area contributed by atoms with Crippen LogP contribution in [0.1, 0.15) is 142 Å². The van der Waals surface area contributed by atoms with E-state index in [-0.39, 0.29) is 11.5 Å². The van der Waals surface area contributed by atoms with E-state index in [0.717, 1.165) is 67.1 Å². The highest BCUT2D eigenvalue weighted by Gasteiger charge is 2.26. The minimum absolute atomic E-state index is 0.117. The molecule has 1 aliphatic heterocycles. The molecule has 0 aliphatic carbocycles. The van der Waals surface area contributed by atoms with Gasteiger partial charge in [0.25, 0.3) is 0 Å². The third kappa shape index (κ3) is 23.5. The number of anilines is 1. The molecule has 1 N–H and O–H groups in total. The largest absolute Gasteiger partial charge is 0.508 e. The highest BCUT2D eigenvalue weighted by molar-refractivity contribution is 6.03. The molecule has 0 unspecified atom stereocenters. The van der Waals surface area contributed by atoms with Crippen molar-refractivity contribution >= 4 is 17.0 Å². The van der Waals surface area contributed by atoms with E-state index in [2.05, 4.69) is 37.6 Å². The van der Waals surface area contributed by atoms with E-state index in [4.69, 9.17) is 4.74 Å². The lowest BCUT2D eigenvalue weighted by Crippen LogP contribution is -2.23. The van der Waals surface area contributed by atoms with Gasteiger partial charge in [-0.15, -0.1) is 13.2 Å². The van der Waals surface area contributed by atoms with E-state index in [1.165, 1.54) is 12.8 Å². The third-order valence-electron chi connectivity index (χ3n) is 6.10. The number of rotatable bonds is 10. The summed E-state index contributed by atoms with van der Waals surface area (Å²) in [5, 5.41) is 10.2. The van der Waals surface area contributed by atoms with E-state index in [1.807, 2.05) is 128 Å². The van der Waals surface area contributed by atoms with Gasteiger partial charge in [0.15, 0.2) is 5.78 Å². The molecule has 1 aromatic rings. The van der Waals surface area contributed by atoms with Crippen LogP contribution in [0, 0.1) is 5.41 Å². The number of phenols is 1. The first-order valence-corrected chi connectivity index (χ1v) is 17.9. The van der Waals surface area contributed by atoms with Gasteiger partial charge in [0, 0.05) is 49.0 Å². The lowest BCUT2D eigenvalue weighted by molar-refractivity contribution is -0.122. The standard InChI is InChI=1S/C27H37NO2.C5H12O.4C2H6.C2H4/c1-8-11-25(26(30)27(5,6)7)21(4)19(2)12-13-20(3)22-16-23(18-24(29)17-22)28-14-9-10-15-28;1-3-5-6-4-2;5*1-2/h11-13,16-18,29H,4,8-10,14-15H2,1-3,5-7H3;3-5H2,1-2H3;4*1-2H3;1-2H2/b19-12-,20-13+,25-11+;;;;;;. The van der Waals surface area contributed by atoms with Gasteiger partial charge in [0.2, 0.25) is 0 Å². The number of benzene rings is 1. The molecule has 268 valence electrons. The molecule has 0 radical (unpaired) electrons. The smallest absolute Gasteiger partial charge is 0.168 e. The molecule has 0 amide bonds. The van der Waals surface area contributed by atoms with E-state index in [9.17, 15) is 9.90 Å². The fourth-order valence-corrected chi connectivity index (χ4v) is 3.89. The number of Topliss-reactive ketones (excluding diaryl/α,β-unsaturated/α-hetero) is 1. The number of hydrogen-bond acceptors (Lipinski definition) is 4. The SMILES string of the molecule is C=C.C=C(/C(C)=C\C=C(/C)c1cc(O)cc(N2CCCC2)c1)/C(=C\CC)C(=O)C(C)(C)C.CC.CC.CC.CC.CCCOCC. The first-order valence-electron chi connectivity index (χ1n) is 17.9. The lowest BCUT2D eigenvalue weighted by atomic mass is 9.82. The summed E-state index contributed by atoms with van der Waals surface area (Å²) in [7, 11) is 0. The van der Waals surface area contributed by atoms with Crippen molar-refractivity contribution in [3.05, 3.63) is 78.4 Å². The molecular formula is C42H77NO3. The molecule has 0 aromatic heterocycles. The maximum absolute atomic E-state index is 12.9. The predicted molar refractivity (Wildman–Crippen MR) is 212 cm³/mol. The fourth-order valence-electron chi connectivity index (χ4n) is 3.89. The van der Waals surface area contributed by atoms with Gasteiger partial charge in [-0.2, -0.15) is 0 Å². The van der Waals surface area contributed by atoms with Gasteiger partial charge in [0.1, 0.15) is 5.75 Å². The van der Waals surface area contributed by atoms with Gasteiger partial charge in [-0.25, -0.2) is 0 Å². The van der Waals surface area contributed by atoms with Crippen molar-refractivity contribution in [2.75, 3.05) is 31.2 Å². The van der Waals surface area contributed by atoms with Crippen LogP contribution in [0.15, 0.2) is 72.9 Å². The van der Waals surface area contributed by atoms with E-state index >= 15 is 0 Å². The second-order valence-corrected chi connectivity index (χ2v) is 10.4. The summed E-state index contributed by atoms with van der Waals surface area (Å²) < 4.78 is 4.98. The van der Waals surface area contributed by atoms with Gasteiger partial charge in [-0.3, -0.25) is 4.79 Å². The Labute approximate surface area is 288 Å². The lowest BCUT2D eigenvalue weighted by Gasteiger charge is -2.21. The van der Waals surface area contributed by atoms with Gasteiger partial charge >= 0.3 is 0 Å². The van der Waals surface area contributed by atoms with Crippen molar-refractivity contribution in [1.29, 1.82) is 0 Å². The molecule has 0 spiro atoms. The summed E-state index contributed by atoms with van der Waals surface area (Å²) in [6, 6.07) is 5.78. The normalized spacial score (nSPS) is 12.3. The maximum Gasteiger partial charge on any atom is 0.168 e. The first-order chi connectivity index (χ1) is 22.0. The number of nitrogens with zero attached hydrogens (tertiary/aromatic N) is 1. The van der Waals surface area contributed by atoms with Gasteiger partial charge in [0.05, 0.1) is 0 Å². The van der Waals surface area contributed by atoms with Crippen LogP contribution in [-0.4, -0.2) is 37.2 Å². The van der Waals surface area contributed by atoms with Crippen LogP contribution in [-0.2, 0) is 9.53 Å². The van der Waals surface area contributed by atoms with Gasteiger partial charge in [-0.05, 0) is 80.9 Å². The minimum Gasteiger partial charge on any atom is -0.508 e. The molecule has 0 bridgehead atoms. The average molecular weight is 644 g/mol. The number of carbonyl (C=O) groups is 1. The summed E-state index contributed by atoms with van der Waals surface area (Å²) >= 11 is 0. The van der Waals surface area contributed by atoms with Crippen molar-refractivity contribution in [2.24, 2.45) is 5.41 Å². The Kier molecular flexibility index (Phi) is 40.1. The summed E-state index contributed by atoms with van der Waals surface area (Å²) in [6.07, 6.45) is 10.3. The topological polar surface area (TPSA) is 49.8 Å². The van der Waals surface area contributed by atoms with Crippen LogP contribution in [0.5, 0.6) is 5.75 Å². The molecule has 4 nitrogen and oxygen atoms in total. The van der Waals surface area contributed by atoms with E-state index in [1.54, 1.807) is 6.07 Å². The van der Waals surface area contributed by atoms with Crippen molar-refractivity contribution < 1.29 is 14.6 Å². The summed E-state index contributed by atoms with van der Waals surface area (Å²) in [4.78, 5) is 15.2. The van der Waals surface area contributed by atoms with Gasteiger partial charge in [-0.1, -0.05) is 115 Å². The Balaban J connectivity index is -0.000000297. The summed E-state index contributed by atoms with van der Waals surface area (Å²) in [5.41, 5.74) is 5.14. The highest BCUT2D eigenvalue weighted by Crippen LogP contribution is 2.31. The molecule has 1 aliphatic rings. The van der Waals surface area contributed by atoms with Crippen LogP contribution in [0.2, 0.25) is 0 Å². The molecule has 4 heteroatoms. The Morgan fingerprint density at radius 2 is 1.39 bits per heavy atom. The highest BCUT2D eigenvalue weighted by atomic mass is 16.5. The second-order valence-electron chi connectivity index (χ2n) is 10.4. The molecule has 1 aromatic carbocycles. The molecular weight excluding hydrogens is 566 g/mol. The molecule has 0 atom stereocenters. The molecule has 0 saturated carbocycles. The van der Waals surface area contributed by atoms with E-state index in [0.29, 0.717) is 5.57 Å². The van der Waals surface area contributed by atoms with Crippen molar-refractivity contribution in [3.8, 4) is 5.75 Å². The first kappa shape index (κ1) is 52.7. The Morgan fingerprint density at radius 3 is 1.78 bits per heavy atom. The molecule has 46 heavy (non-hydrogen) atoms. The van der Waals surface area contributed by atoms with Crippen molar-refractivity contribution in [2.45, 2.75) is 136 Å². The number of allylic oxidation sites excluding steroid dienone is 7. The van der Waals surface area contributed by atoms with Gasteiger partial charge < -0.3 is 14.7 Å². The number of ketones is 1. The third-order valence-corrected chi connectivity index (χ3v) is 6.10. The minimum atomic E-state index is -0.441. The molecule has 1 fully saturated rings. The van der Waals surface area contributed by atoms with Crippen LogP contribution >= 0.6 is 0 Å². The molecule has 1 heterocycles. The van der Waals surface area contributed by atoms with Crippen LogP contribution in [0.3, 0.4) is 0 Å². The zero-order valence-electron chi connectivity index (χ0n) is 33.5. The number of carbonyl (C=O) groups excluding carboxylic acids is 1. The average Bonchev–Trinajstić information content (AvgIpc) is 3.64. The second kappa shape index (κ2) is 35.0. The van der Waals surface area contributed by atoms with Crippen molar-refractivity contribution in [3.63, 3.8) is 0 Å². The van der Waals surface area contributed by atoms with Crippen LogP contribution < -0.4 is 4.90 Å². The predicted octanol–water partition coefficient (Wildman–Crippen LogP) is 13.2. The zero-order chi connectivity index (χ0) is 37.3. The monoisotopic (exact) mass is 644 g/mol. The number of phenolic OH excluding ortho intramolecular Hbond substituents is 1. The summed E-state index contributed by atoms with van der Waals surface area (Å²) in [6.45, 7) is 46.1. The quantitative estimate of drug-likeness (QED) is 0.119. The zero-order valence-corrected chi connectivity index (χ0v) is 33.5. The molecule has 1 saturated heterocycles. The van der Waals surface area contributed by atoms with E-state index < -0.39 is 5.41 Å². The Hall–Kier alpha value is -2.85. The number of aromatic hydroxyl groups is 1.